The van der Waals surface area contributed by atoms with Crippen LogP contribution in [0.15, 0.2) is 41.6 Å². The average molecular weight is 392 g/mol. The zero-order chi connectivity index (χ0) is 19.4. The van der Waals surface area contributed by atoms with Gasteiger partial charge in [0.25, 0.3) is 5.91 Å². The predicted molar refractivity (Wildman–Crippen MR) is 99.6 cm³/mol. The van der Waals surface area contributed by atoms with E-state index in [1.54, 1.807) is 31.6 Å². The van der Waals surface area contributed by atoms with E-state index in [4.69, 9.17) is 4.74 Å². The molecule has 3 rings (SSSR count). The quantitative estimate of drug-likeness (QED) is 0.763. The smallest absolute Gasteiger partial charge is 0.251 e. The van der Waals surface area contributed by atoms with Crippen molar-refractivity contribution in [1.82, 2.24) is 19.2 Å². The Labute approximate surface area is 159 Å². The SMILES string of the molecule is COC[C@@H]1CCCN1S(=O)(=O)c1cccc(C(=O)NCc2nccn2C)c1. The minimum atomic E-state index is -3.67. The molecule has 1 fully saturated rings. The number of carbonyl (C=O) groups excluding carboxylic acids is 1. The van der Waals surface area contributed by atoms with Gasteiger partial charge in [0.1, 0.15) is 5.82 Å². The van der Waals surface area contributed by atoms with Crippen LogP contribution < -0.4 is 5.32 Å². The molecule has 1 aliphatic heterocycles. The summed E-state index contributed by atoms with van der Waals surface area (Å²) in [5.74, 6) is 0.372. The summed E-state index contributed by atoms with van der Waals surface area (Å²) in [5, 5.41) is 2.77. The summed E-state index contributed by atoms with van der Waals surface area (Å²) >= 11 is 0. The summed E-state index contributed by atoms with van der Waals surface area (Å²) in [6.45, 7) is 1.09. The number of carbonyl (C=O) groups is 1. The van der Waals surface area contributed by atoms with E-state index >= 15 is 0 Å². The van der Waals surface area contributed by atoms with Crippen molar-refractivity contribution in [1.29, 1.82) is 0 Å². The Morgan fingerprint density at radius 2 is 2.22 bits per heavy atom. The molecule has 1 amide bonds. The van der Waals surface area contributed by atoms with Crippen LogP contribution in [0.3, 0.4) is 0 Å². The second-order valence-electron chi connectivity index (χ2n) is 6.53. The summed E-state index contributed by atoms with van der Waals surface area (Å²) in [6.07, 6.45) is 5.02. The molecule has 2 heterocycles. The van der Waals surface area contributed by atoms with Crippen molar-refractivity contribution in [2.75, 3.05) is 20.3 Å². The van der Waals surface area contributed by atoms with Gasteiger partial charge < -0.3 is 14.6 Å². The number of methoxy groups -OCH3 is 1. The van der Waals surface area contributed by atoms with Crippen LogP contribution in [-0.4, -0.2) is 54.5 Å². The minimum Gasteiger partial charge on any atom is -0.383 e. The molecule has 0 saturated carbocycles. The summed E-state index contributed by atoms with van der Waals surface area (Å²) in [4.78, 5) is 16.7. The Bertz CT molecular complexity index is 910. The Morgan fingerprint density at radius 1 is 1.41 bits per heavy atom. The molecule has 1 atom stereocenters. The molecule has 1 saturated heterocycles. The number of aryl methyl sites for hydroxylation is 1. The van der Waals surface area contributed by atoms with Gasteiger partial charge in [0.05, 0.1) is 18.0 Å². The molecule has 0 bridgehead atoms. The Kier molecular flexibility index (Phi) is 5.93. The summed E-state index contributed by atoms with van der Waals surface area (Å²) < 4.78 is 34.4. The first-order valence-electron chi connectivity index (χ1n) is 8.78. The molecular formula is C18H24N4O4S. The number of nitrogens with zero attached hydrogens (tertiary/aromatic N) is 3. The maximum Gasteiger partial charge on any atom is 0.251 e. The third-order valence-electron chi connectivity index (χ3n) is 4.71. The van der Waals surface area contributed by atoms with Crippen LogP contribution in [0.1, 0.15) is 29.0 Å². The lowest BCUT2D eigenvalue weighted by Crippen LogP contribution is -2.38. The zero-order valence-electron chi connectivity index (χ0n) is 15.5. The van der Waals surface area contributed by atoms with Crippen LogP contribution in [0.25, 0.3) is 0 Å². The van der Waals surface area contributed by atoms with E-state index in [0.717, 1.165) is 12.8 Å². The Hall–Kier alpha value is -2.23. The van der Waals surface area contributed by atoms with Crippen LogP contribution in [-0.2, 0) is 28.4 Å². The summed E-state index contributed by atoms with van der Waals surface area (Å²) in [7, 11) is -0.267. The van der Waals surface area contributed by atoms with Crippen LogP contribution in [0, 0.1) is 0 Å². The predicted octanol–water partition coefficient (Wildman–Crippen LogP) is 1.15. The molecule has 1 aromatic carbocycles. The molecule has 8 nitrogen and oxygen atoms in total. The van der Waals surface area contributed by atoms with Gasteiger partial charge in [-0.3, -0.25) is 4.79 Å². The zero-order valence-corrected chi connectivity index (χ0v) is 16.3. The van der Waals surface area contributed by atoms with Gasteiger partial charge in [0.15, 0.2) is 0 Å². The van der Waals surface area contributed by atoms with E-state index in [1.165, 1.54) is 16.4 Å². The van der Waals surface area contributed by atoms with E-state index in [0.29, 0.717) is 24.5 Å². The number of benzene rings is 1. The van der Waals surface area contributed by atoms with E-state index < -0.39 is 10.0 Å². The van der Waals surface area contributed by atoms with Crippen molar-refractivity contribution in [3.8, 4) is 0 Å². The third kappa shape index (κ3) is 4.20. The fourth-order valence-electron chi connectivity index (χ4n) is 3.25. The van der Waals surface area contributed by atoms with Crippen molar-refractivity contribution in [3.63, 3.8) is 0 Å². The van der Waals surface area contributed by atoms with Crippen LogP contribution in [0.2, 0.25) is 0 Å². The minimum absolute atomic E-state index is 0.121. The van der Waals surface area contributed by atoms with E-state index in [9.17, 15) is 13.2 Å². The number of amides is 1. The number of nitrogens with one attached hydrogen (secondary N) is 1. The van der Waals surface area contributed by atoms with Crippen molar-refractivity contribution in [2.45, 2.75) is 30.3 Å². The second-order valence-corrected chi connectivity index (χ2v) is 8.42. The van der Waals surface area contributed by atoms with Crippen molar-refractivity contribution in [3.05, 3.63) is 48.0 Å². The number of sulfonamides is 1. The molecular weight excluding hydrogens is 368 g/mol. The molecule has 1 aliphatic rings. The number of ether oxygens (including phenoxy) is 1. The van der Waals surface area contributed by atoms with Crippen LogP contribution in [0.4, 0.5) is 0 Å². The third-order valence-corrected chi connectivity index (χ3v) is 6.66. The average Bonchev–Trinajstić information content (AvgIpc) is 3.29. The second kappa shape index (κ2) is 8.20. The van der Waals surface area contributed by atoms with Gasteiger partial charge in [-0.15, -0.1) is 0 Å². The summed E-state index contributed by atoms with van der Waals surface area (Å²) in [5.41, 5.74) is 0.299. The maximum absolute atomic E-state index is 13.0. The largest absolute Gasteiger partial charge is 0.383 e. The molecule has 0 radical (unpaired) electrons. The lowest BCUT2D eigenvalue weighted by Gasteiger charge is -2.23. The van der Waals surface area contributed by atoms with Gasteiger partial charge in [-0.05, 0) is 31.0 Å². The first-order valence-corrected chi connectivity index (χ1v) is 10.2. The van der Waals surface area contributed by atoms with Crippen LogP contribution >= 0.6 is 0 Å². The first kappa shape index (κ1) is 19.5. The van der Waals surface area contributed by atoms with Crippen LogP contribution in [0.5, 0.6) is 0 Å². The molecule has 2 aromatic rings. The normalized spacial score (nSPS) is 17.9. The lowest BCUT2D eigenvalue weighted by atomic mass is 10.2. The molecule has 0 unspecified atom stereocenters. The Morgan fingerprint density at radius 3 is 2.93 bits per heavy atom. The van der Waals surface area contributed by atoms with Gasteiger partial charge in [-0.1, -0.05) is 6.07 Å². The molecule has 146 valence electrons. The van der Waals surface area contributed by atoms with Gasteiger partial charge >= 0.3 is 0 Å². The highest BCUT2D eigenvalue weighted by atomic mass is 32.2. The highest BCUT2D eigenvalue weighted by Gasteiger charge is 2.35. The number of rotatable bonds is 7. The molecule has 1 N–H and O–H groups in total. The van der Waals surface area contributed by atoms with Crippen molar-refractivity contribution < 1.29 is 17.9 Å². The van der Waals surface area contributed by atoms with E-state index in [1.807, 2.05) is 11.6 Å². The van der Waals surface area contributed by atoms with Gasteiger partial charge in [-0.2, -0.15) is 4.31 Å². The first-order chi connectivity index (χ1) is 12.9. The molecule has 27 heavy (non-hydrogen) atoms. The maximum atomic E-state index is 13.0. The summed E-state index contributed by atoms with van der Waals surface area (Å²) in [6, 6.07) is 5.96. The lowest BCUT2D eigenvalue weighted by molar-refractivity contribution is 0.0949. The standard InChI is InChI=1S/C18H24N4O4S/c1-21-10-8-19-17(21)12-20-18(23)14-5-3-7-16(11-14)27(24,25)22-9-4-6-15(22)13-26-2/h3,5,7-8,10-11,15H,4,6,9,12-13H2,1-2H3,(H,20,23)/t15-/m0/s1. The highest BCUT2D eigenvalue weighted by molar-refractivity contribution is 7.89. The number of imidazole rings is 1. The number of hydrogen-bond donors (Lipinski definition) is 1. The fraction of sp³-hybridized carbons (Fsp3) is 0.444. The van der Waals surface area contributed by atoms with E-state index in [2.05, 4.69) is 10.3 Å². The molecule has 0 spiro atoms. The number of aromatic nitrogens is 2. The van der Waals surface area contributed by atoms with Crippen molar-refractivity contribution >= 4 is 15.9 Å². The topological polar surface area (TPSA) is 93.5 Å². The molecule has 1 aromatic heterocycles. The molecule has 0 aliphatic carbocycles. The highest BCUT2D eigenvalue weighted by Crippen LogP contribution is 2.26. The molecule has 9 heteroatoms. The Balaban J connectivity index is 1.76. The monoisotopic (exact) mass is 392 g/mol. The van der Waals surface area contributed by atoms with Gasteiger partial charge in [0.2, 0.25) is 10.0 Å². The fourth-order valence-corrected chi connectivity index (χ4v) is 4.97. The van der Waals surface area contributed by atoms with Gasteiger partial charge in [0, 0.05) is 44.7 Å². The van der Waals surface area contributed by atoms with Crippen molar-refractivity contribution in [2.24, 2.45) is 7.05 Å². The van der Waals surface area contributed by atoms with Gasteiger partial charge in [-0.25, -0.2) is 13.4 Å². The van der Waals surface area contributed by atoms with E-state index in [-0.39, 0.29) is 23.4 Å². The number of hydrogen-bond acceptors (Lipinski definition) is 5.